The van der Waals surface area contributed by atoms with Gasteiger partial charge < -0.3 is 10.2 Å². The second-order valence-electron chi connectivity index (χ2n) is 9.55. The minimum atomic E-state index is -0.369. The molecule has 2 aliphatic heterocycles. The van der Waals surface area contributed by atoms with Crippen LogP contribution in [0, 0.1) is 24.6 Å². The Morgan fingerprint density at radius 1 is 1.22 bits per heavy atom. The van der Waals surface area contributed by atoms with Crippen LogP contribution in [0.1, 0.15) is 56.5 Å². The zero-order valence-electron chi connectivity index (χ0n) is 18.6. The molecule has 8 heteroatoms. The zero-order chi connectivity index (χ0) is 22.2. The van der Waals surface area contributed by atoms with Gasteiger partial charge in [0.25, 0.3) is 0 Å². The van der Waals surface area contributed by atoms with E-state index < -0.39 is 0 Å². The summed E-state index contributed by atoms with van der Waals surface area (Å²) in [7, 11) is 0. The highest BCUT2D eigenvalue weighted by Crippen LogP contribution is 2.38. The van der Waals surface area contributed by atoms with Crippen molar-refractivity contribution in [2.24, 2.45) is 11.8 Å². The summed E-state index contributed by atoms with van der Waals surface area (Å²) in [6.07, 6.45) is 6.49. The Morgan fingerprint density at radius 2 is 2.09 bits per heavy atom. The van der Waals surface area contributed by atoms with Gasteiger partial charge in [0.2, 0.25) is 5.91 Å². The quantitative estimate of drug-likeness (QED) is 0.677. The summed E-state index contributed by atoms with van der Waals surface area (Å²) >= 11 is 0. The van der Waals surface area contributed by atoms with Crippen molar-refractivity contribution in [1.29, 1.82) is 0 Å². The van der Waals surface area contributed by atoms with Crippen LogP contribution in [0.2, 0.25) is 0 Å². The minimum Gasteiger partial charge on any atom is -0.340 e. The van der Waals surface area contributed by atoms with Gasteiger partial charge in [-0.15, -0.1) is 0 Å². The Kier molecular flexibility index (Phi) is 5.82. The molecule has 3 N–H and O–H groups in total. The smallest absolute Gasteiger partial charge is 0.241 e. The van der Waals surface area contributed by atoms with Crippen LogP contribution >= 0.6 is 0 Å². The van der Waals surface area contributed by atoms with Gasteiger partial charge >= 0.3 is 0 Å². The Bertz CT molecular complexity index is 983. The summed E-state index contributed by atoms with van der Waals surface area (Å²) in [4.78, 5) is 24.5. The first-order valence-electron chi connectivity index (χ1n) is 11.7. The van der Waals surface area contributed by atoms with E-state index in [4.69, 9.17) is 4.98 Å². The van der Waals surface area contributed by atoms with Crippen molar-refractivity contribution in [2.75, 3.05) is 11.9 Å². The van der Waals surface area contributed by atoms with Crippen LogP contribution in [0.15, 0.2) is 30.5 Å². The number of aromatic nitrogens is 2. The number of nitrogens with zero attached hydrogens (tertiary/aromatic N) is 3. The lowest BCUT2D eigenvalue weighted by atomic mass is 9.76. The molecule has 0 aromatic carbocycles. The summed E-state index contributed by atoms with van der Waals surface area (Å²) in [5, 5.41) is 3.23. The highest BCUT2D eigenvalue weighted by atomic mass is 19.1. The zero-order valence-corrected chi connectivity index (χ0v) is 18.6. The molecule has 0 radical (unpaired) electrons. The maximum Gasteiger partial charge on any atom is 0.241 e. The molecular formula is C24H31FN6O. The molecule has 1 aliphatic carbocycles. The number of rotatable bonds is 4. The molecule has 1 amide bonds. The van der Waals surface area contributed by atoms with E-state index in [1.807, 2.05) is 24.0 Å². The van der Waals surface area contributed by atoms with Gasteiger partial charge in [-0.3, -0.25) is 15.2 Å². The summed E-state index contributed by atoms with van der Waals surface area (Å²) in [5.41, 5.74) is 9.29. The van der Waals surface area contributed by atoms with Gasteiger partial charge in [-0.1, -0.05) is 6.92 Å². The van der Waals surface area contributed by atoms with Crippen molar-refractivity contribution in [3.8, 4) is 0 Å². The normalized spacial score (nSPS) is 29.7. The van der Waals surface area contributed by atoms with Crippen LogP contribution in [-0.2, 0) is 4.79 Å². The molecule has 5 atom stereocenters. The summed E-state index contributed by atoms with van der Waals surface area (Å²) in [6.45, 7) is 4.99. The third-order valence-corrected chi connectivity index (χ3v) is 7.13. The molecular weight excluding hydrogens is 407 g/mol. The first-order chi connectivity index (χ1) is 15.5. The molecule has 2 aromatic rings. The number of carbonyl (C=O) groups excluding carboxylic acids is 1. The number of hydrogen-bond acceptors (Lipinski definition) is 6. The minimum absolute atomic E-state index is 0.0361. The second kappa shape index (κ2) is 8.75. The number of anilines is 2. The van der Waals surface area contributed by atoms with Gasteiger partial charge in [0.15, 0.2) is 0 Å². The number of aryl methyl sites for hydroxylation is 1. The Labute approximate surface area is 188 Å². The average molecular weight is 439 g/mol. The van der Waals surface area contributed by atoms with Gasteiger partial charge in [-0.05, 0) is 69.2 Å². The summed E-state index contributed by atoms with van der Waals surface area (Å²) in [6, 6.07) is 7.09. The fourth-order valence-electron chi connectivity index (χ4n) is 5.57. The number of amides is 1. The van der Waals surface area contributed by atoms with Crippen LogP contribution in [0.25, 0.3) is 0 Å². The molecule has 32 heavy (non-hydrogen) atoms. The third kappa shape index (κ3) is 4.21. The Morgan fingerprint density at radius 3 is 2.91 bits per heavy atom. The molecule has 0 bridgehead atoms. The number of pyridine rings is 2. The maximum absolute atomic E-state index is 13.6. The van der Waals surface area contributed by atoms with E-state index >= 15 is 0 Å². The Hall–Kier alpha value is -2.58. The number of hydrazine groups is 1. The highest BCUT2D eigenvalue weighted by molar-refractivity contribution is 5.83. The predicted molar refractivity (Wildman–Crippen MR) is 120 cm³/mol. The lowest BCUT2D eigenvalue weighted by Crippen LogP contribution is -2.48. The summed E-state index contributed by atoms with van der Waals surface area (Å²) < 4.78 is 13.2. The largest absolute Gasteiger partial charge is 0.340 e. The molecule has 4 heterocycles. The first kappa shape index (κ1) is 21.3. The molecule has 5 rings (SSSR count). The van der Waals surface area contributed by atoms with Gasteiger partial charge in [-0.25, -0.2) is 14.8 Å². The average Bonchev–Trinajstić information content (AvgIpc) is 3.41. The molecule has 170 valence electrons. The molecule has 3 fully saturated rings. The van der Waals surface area contributed by atoms with Crippen LogP contribution in [0.5, 0.6) is 0 Å². The monoisotopic (exact) mass is 438 g/mol. The maximum atomic E-state index is 13.6. The highest BCUT2D eigenvalue weighted by Gasteiger charge is 2.46. The number of fused-ring (bicyclic) bond motifs is 1. The standard InChI is InChI=1S/C24H31FN6O/c1-14-5-7-19-18(10-14)23(30-29-19)24(32)31-9-3-4-21(31)20-12-17(11-15(2)27-20)28-22-8-6-16(25)13-26-22/h6,8,11-14,18-19,21,23,29-30H,3-5,7,9-10H2,1-2H3,(H,26,27,28). The van der Waals surface area contributed by atoms with E-state index in [0.29, 0.717) is 23.7 Å². The summed E-state index contributed by atoms with van der Waals surface area (Å²) in [5.74, 6) is 1.39. The fraction of sp³-hybridized carbons (Fsp3) is 0.542. The molecule has 2 aromatic heterocycles. The van der Waals surface area contributed by atoms with Crippen LogP contribution in [-0.4, -0.2) is 39.4 Å². The van der Waals surface area contributed by atoms with Crippen LogP contribution in [0.3, 0.4) is 0 Å². The van der Waals surface area contributed by atoms with E-state index in [1.54, 1.807) is 6.07 Å². The number of carbonyl (C=O) groups is 1. The van der Waals surface area contributed by atoms with Gasteiger partial charge in [0.1, 0.15) is 17.7 Å². The van der Waals surface area contributed by atoms with Crippen LogP contribution < -0.4 is 16.2 Å². The van der Waals surface area contributed by atoms with Gasteiger partial charge in [0.05, 0.1) is 17.9 Å². The van der Waals surface area contributed by atoms with Crippen molar-refractivity contribution in [3.63, 3.8) is 0 Å². The van der Waals surface area contributed by atoms with E-state index in [0.717, 1.165) is 49.3 Å². The Balaban J connectivity index is 1.35. The van der Waals surface area contributed by atoms with Crippen molar-refractivity contribution in [1.82, 2.24) is 25.7 Å². The lowest BCUT2D eigenvalue weighted by Gasteiger charge is -2.33. The molecule has 2 saturated heterocycles. The van der Waals surface area contributed by atoms with Crippen molar-refractivity contribution < 1.29 is 9.18 Å². The molecule has 1 saturated carbocycles. The number of hydrogen-bond donors (Lipinski definition) is 3. The van der Waals surface area contributed by atoms with E-state index in [-0.39, 0.29) is 23.8 Å². The van der Waals surface area contributed by atoms with Crippen LogP contribution in [0.4, 0.5) is 15.9 Å². The molecule has 5 unspecified atom stereocenters. The van der Waals surface area contributed by atoms with Gasteiger partial charge in [0, 0.05) is 29.9 Å². The van der Waals surface area contributed by atoms with Crippen molar-refractivity contribution in [2.45, 2.75) is 64.1 Å². The number of nitrogens with one attached hydrogen (secondary N) is 3. The topological polar surface area (TPSA) is 82.2 Å². The van der Waals surface area contributed by atoms with Crippen molar-refractivity contribution >= 4 is 17.4 Å². The molecule has 0 spiro atoms. The number of halogens is 1. The van der Waals surface area contributed by atoms with E-state index in [2.05, 4.69) is 28.1 Å². The van der Waals surface area contributed by atoms with Gasteiger partial charge in [-0.2, -0.15) is 0 Å². The van der Waals surface area contributed by atoms with Crippen molar-refractivity contribution in [3.05, 3.63) is 47.7 Å². The SMILES string of the molecule is Cc1cc(Nc2ccc(F)cn2)cc(C2CCCN2C(=O)C2NNC3CCC(C)CC32)n1. The second-order valence-corrected chi connectivity index (χ2v) is 9.55. The molecule has 3 aliphatic rings. The number of likely N-dealkylation sites (tertiary alicyclic amines) is 1. The predicted octanol–water partition coefficient (Wildman–Crippen LogP) is 3.61. The third-order valence-electron chi connectivity index (χ3n) is 7.13. The lowest BCUT2D eigenvalue weighted by molar-refractivity contribution is -0.135. The van der Waals surface area contributed by atoms with E-state index in [9.17, 15) is 9.18 Å². The molecule has 7 nitrogen and oxygen atoms in total. The fourth-order valence-corrected chi connectivity index (χ4v) is 5.57. The first-order valence-corrected chi connectivity index (χ1v) is 11.7. The van der Waals surface area contributed by atoms with E-state index in [1.165, 1.54) is 18.7 Å².